The molecule has 0 saturated carbocycles. The number of aliphatic imine (C=N–C) groups is 1. The summed E-state index contributed by atoms with van der Waals surface area (Å²) in [5.74, 6) is 3.23. The molecule has 3 nitrogen and oxygen atoms in total. The Labute approximate surface area is 158 Å². The number of benzene rings is 2. The van der Waals surface area contributed by atoms with Gasteiger partial charge in [0.05, 0.1) is 17.3 Å². The molecule has 128 valence electrons. The first-order valence-corrected chi connectivity index (χ1v) is 10.4. The smallest absolute Gasteiger partial charge is 0.164 e. The normalized spacial score (nSPS) is 18.5. The monoisotopic (exact) mass is 367 g/mol. The molecule has 0 bridgehead atoms. The molecule has 2 aromatic rings. The maximum atomic E-state index is 8.98. The second-order valence-electron chi connectivity index (χ2n) is 6.08. The summed E-state index contributed by atoms with van der Waals surface area (Å²) < 4.78 is 0. The first-order valence-electron chi connectivity index (χ1n) is 8.24. The second-order valence-corrected chi connectivity index (χ2v) is 8.10. The molecule has 3 rings (SSSR count). The van der Waals surface area contributed by atoms with Gasteiger partial charge in [0.2, 0.25) is 0 Å². The van der Waals surface area contributed by atoms with Crippen molar-refractivity contribution in [1.82, 2.24) is 4.90 Å². The third-order valence-electron chi connectivity index (χ3n) is 4.22. The highest BCUT2D eigenvalue weighted by molar-refractivity contribution is 8.14. The summed E-state index contributed by atoms with van der Waals surface area (Å²) in [7, 11) is 2.13. The van der Waals surface area contributed by atoms with Crippen LogP contribution in [0.15, 0.2) is 53.5 Å². The van der Waals surface area contributed by atoms with Gasteiger partial charge in [0, 0.05) is 30.3 Å². The van der Waals surface area contributed by atoms with E-state index in [1.807, 2.05) is 48.6 Å². The lowest BCUT2D eigenvalue weighted by Crippen LogP contribution is -2.31. The van der Waals surface area contributed by atoms with Crippen LogP contribution in [0.25, 0.3) is 0 Å². The molecule has 1 fully saturated rings. The van der Waals surface area contributed by atoms with Gasteiger partial charge >= 0.3 is 0 Å². The van der Waals surface area contributed by atoms with E-state index in [4.69, 9.17) is 10.3 Å². The summed E-state index contributed by atoms with van der Waals surface area (Å²) in [6.45, 7) is 2.01. The maximum absolute atomic E-state index is 8.98. The van der Waals surface area contributed by atoms with Gasteiger partial charge in [0.1, 0.15) is 0 Å². The number of nitriles is 1. The molecule has 0 aliphatic carbocycles. The van der Waals surface area contributed by atoms with Crippen molar-refractivity contribution in [3.63, 3.8) is 0 Å². The number of hydrogen-bond donors (Lipinski definition) is 0. The van der Waals surface area contributed by atoms with Crippen LogP contribution in [0.1, 0.15) is 16.7 Å². The Hall–Kier alpha value is -1.90. The Bertz CT molecular complexity index is 796. The van der Waals surface area contributed by atoms with E-state index >= 15 is 0 Å². The van der Waals surface area contributed by atoms with Crippen LogP contribution >= 0.6 is 23.5 Å². The molecular formula is C20H21N3S2. The Balaban J connectivity index is 1.59. The van der Waals surface area contributed by atoms with E-state index < -0.39 is 0 Å². The van der Waals surface area contributed by atoms with Gasteiger partial charge in [0.25, 0.3) is 0 Å². The Morgan fingerprint density at radius 2 is 2.08 bits per heavy atom. The molecule has 0 spiro atoms. The van der Waals surface area contributed by atoms with E-state index in [-0.39, 0.29) is 0 Å². The molecule has 0 aromatic heterocycles. The SMILES string of the molecule is Cc1cc(C#N)ccc1N=C1SC[C@H](CSCc2ccccc2)N1C. The lowest BCUT2D eigenvalue weighted by Gasteiger charge is -2.20. The van der Waals surface area contributed by atoms with Gasteiger partial charge in [-0.05, 0) is 36.2 Å². The van der Waals surface area contributed by atoms with Crippen LogP contribution in [0.2, 0.25) is 0 Å². The molecule has 1 atom stereocenters. The Morgan fingerprint density at radius 1 is 1.28 bits per heavy atom. The first-order chi connectivity index (χ1) is 12.2. The van der Waals surface area contributed by atoms with Gasteiger partial charge in [-0.3, -0.25) is 0 Å². The van der Waals surface area contributed by atoms with E-state index in [0.29, 0.717) is 11.6 Å². The summed E-state index contributed by atoms with van der Waals surface area (Å²) in [5.41, 5.74) is 4.06. The van der Waals surface area contributed by atoms with Crippen LogP contribution in [0.4, 0.5) is 5.69 Å². The minimum Gasteiger partial charge on any atom is -0.350 e. The fraction of sp³-hybridized carbons (Fsp3) is 0.300. The largest absolute Gasteiger partial charge is 0.350 e. The third kappa shape index (κ3) is 4.59. The van der Waals surface area contributed by atoms with Crippen LogP contribution in [0, 0.1) is 18.3 Å². The van der Waals surface area contributed by atoms with E-state index in [0.717, 1.165) is 33.7 Å². The predicted octanol–water partition coefficient (Wildman–Crippen LogP) is 4.83. The lowest BCUT2D eigenvalue weighted by molar-refractivity contribution is 0.448. The highest BCUT2D eigenvalue weighted by Crippen LogP contribution is 2.29. The van der Waals surface area contributed by atoms with Gasteiger partial charge in [-0.2, -0.15) is 17.0 Å². The summed E-state index contributed by atoms with van der Waals surface area (Å²) in [4.78, 5) is 7.11. The summed E-state index contributed by atoms with van der Waals surface area (Å²) in [6, 6.07) is 19.0. The minimum absolute atomic E-state index is 0.510. The van der Waals surface area contributed by atoms with Gasteiger partial charge in [-0.15, -0.1) is 0 Å². The van der Waals surface area contributed by atoms with Crippen molar-refractivity contribution < 1.29 is 0 Å². The second kappa shape index (κ2) is 8.46. The molecule has 1 saturated heterocycles. The van der Waals surface area contributed by atoms with Crippen molar-refractivity contribution in [2.24, 2.45) is 4.99 Å². The average molecular weight is 368 g/mol. The van der Waals surface area contributed by atoms with E-state index in [2.05, 4.69) is 48.3 Å². The summed E-state index contributed by atoms with van der Waals surface area (Å²) in [5, 5.41) is 10.0. The van der Waals surface area contributed by atoms with Crippen molar-refractivity contribution >= 4 is 34.4 Å². The standard InChI is InChI=1S/C20H21N3S2/c1-15-10-17(11-21)8-9-19(15)22-20-23(2)18(14-25-20)13-24-12-16-6-4-3-5-7-16/h3-10,18H,12-14H2,1-2H3/t18-/m0/s1. The topological polar surface area (TPSA) is 39.4 Å². The average Bonchev–Trinajstić information content (AvgIpc) is 2.98. The van der Waals surface area contributed by atoms with Gasteiger partial charge in [-0.1, -0.05) is 42.1 Å². The number of thioether (sulfide) groups is 2. The molecule has 2 aromatic carbocycles. The first kappa shape index (κ1) is 17.9. The predicted molar refractivity (Wildman–Crippen MR) is 110 cm³/mol. The lowest BCUT2D eigenvalue weighted by atomic mass is 10.1. The summed E-state index contributed by atoms with van der Waals surface area (Å²) >= 11 is 3.79. The van der Waals surface area contributed by atoms with E-state index in [9.17, 15) is 0 Å². The zero-order valence-corrected chi connectivity index (χ0v) is 16.1. The van der Waals surface area contributed by atoms with Crippen molar-refractivity contribution in [3.8, 4) is 6.07 Å². The van der Waals surface area contributed by atoms with Gasteiger partial charge in [0.15, 0.2) is 5.17 Å². The number of aryl methyl sites for hydroxylation is 1. The van der Waals surface area contributed by atoms with Crippen molar-refractivity contribution in [3.05, 3.63) is 65.2 Å². The van der Waals surface area contributed by atoms with Gasteiger partial charge in [-0.25, -0.2) is 4.99 Å². The number of amidine groups is 1. The number of nitrogens with zero attached hydrogens (tertiary/aromatic N) is 3. The molecule has 0 N–H and O–H groups in total. The molecule has 0 radical (unpaired) electrons. The highest BCUT2D eigenvalue weighted by Gasteiger charge is 2.27. The quantitative estimate of drug-likeness (QED) is 0.758. The fourth-order valence-corrected chi connectivity index (χ4v) is 5.16. The fourth-order valence-electron chi connectivity index (χ4n) is 2.65. The van der Waals surface area contributed by atoms with E-state index in [1.54, 1.807) is 0 Å². The van der Waals surface area contributed by atoms with Crippen LogP contribution in [-0.4, -0.2) is 34.7 Å². The van der Waals surface area contributed by atoms with Crippen molar-refractivity contribution in [1.29, 1.82) is 5.26 Å². The van der Waals surface area contributed by atoms with Crippen LogP contribution in [-0.2, 0) is 5.75 Å². The Morgan fingerprint density at radius 3 is 2.80 bits per heavy atom. The molecule has 0 amide bonds. The summed E-state index contributed by atoms with van der Waals surface area (Å²) in [6.07, 6.45) is 0. The molecule has 1 heterocycles. The zero-order chi connectivity index (χ0) is 17.6. The molecule has 1 aliphatic rings. The number of rotatable bonds is 5. The molecule has 5 heteroatoms. The van der Waals surface area contributed by atoms with Gasteiger partial charge < -0.3 is 4.90 Å². The molecule has 1 aliphatic heterocycles. The molecular weight excluding hydrogens is 346 g/mol. The Kier molecular flexibility index (Phi) is 6.06. The van der Waals surface area contributed by atoms with E-state index in [1.165, 1.54) is 5.56 Å². The maximum Gasteiger partial charge on any atom is 0.164 e. The van der Waals surface area contributed by atoms with Crippen molar-refractivity contribution in [2.75, 3.05) is 18.6 Å². The van der Waals surface area contributed by atoms with Crippen molar-refractivity contribution in [2.45, 2.75) is 18.7 Å². The number of hydrogen-bond acceptors (Lipinski definition) is 4. The molecule has 0 unspecified atom stereocenters. The highest BCUT2D eigenvalue weighted by atomic mass is 32.2. The van der Waals surface area contributed by atoms with Crippen LogP contribution < -0.4 is 0 Å². The minimum atomic E-state index is 0.510. The third-order valence-corrected chi connectivity index (χ3v) is 6.56. The zero-order valence-electron chi connectivity index (χ0n) is 14.5. The molecule has 25 heavy (non-hydrogen) atoms. The van der Waals surface area contributed by atoms with Crippen LogP contribution in [0.3, 0.4) is 0 Å². The van der Waals surface area contributed by atoms with Crippen LogP contribution in [0.5, 0.6) is 0 Å².